The van der Waals surface area contributed by atoms with Gasteiger partial charge < -0.3 is 4.48 Å². The Morgan fingerprint density at radius 2 is 1.29 bits per heavy atom. The molecule has 2 aromatic carbocycles. The highest BCUT2D eigenvalue weighted by Crippen LogP contribution is 2.49. The molecule has 2 aliphatic rings. The molecule has 4 nitrogen and oxygen atoms in total. The van der Waals surface area contributed by atoms with Crippen LogP contribution in [0.5, 0.6) is 0 Å². The van der Waals surface area contributed by atoms with Gasteiger partial charge in [0.05, 0.1) is 39.0 Å². The summed E-state index contributed by atoms with van der Waals surface area (Å²) in [7, 11) is 4.05. The van der Waals surface area contributed by atoms with Gasteiger partial charge in [0.1, 0.15) is 6.54 Å². The fourth-order valence-electron chi connectivity index (χ4n) is 4.91. The molecule has 0 N–H and O–H groups in total. The van der Waals surface area contributed by atoms with Gasteiger partial charge in [0.15, 0.2) is 0 Å². The van der Waals surface area contributed by atoms with Gasteiger partial charge in [-0.05, 0) is 17.0 Å². The number of terminal acetylenes is 1. The highest BCUT2D eigenvalue weighted by Gasteiger charge is 2.55. The molecule has 0 radical (unpaired) electrons. The number of carbonyl (C=O) groups excluding carboxylic acids is 2. The van der Waals surface area contributed by atoms with Gasteiger partial charge in [-0.2, -0.15) is 0 Å². The lowest BCUT2D eigenvalue weighted by atomic mass is 9.68. The van der Waals surface area contributed by atoms with Crippen LogP contribution >= 0.6 is 0 Å². The fraction of sp³-hybridized carbons (Fsp3) is 0.333. The predicted molar refractivity (Wildman–Crippen MR) is 122 cm³/mol. The van der Waals surface area contributed by atoms with Gasteiger partial charge in [-0.15, -0.1) is 6.42 Å². The Hall–Kier alpha value is -3.16. The van der Waals surface area contributed by atoms with Gasteiger partial charge in [0, 0.05) is 11.8 Å². The molecule has 158 valence electrons. The van der Waals surface area contributed by atoms with Crippen LogP contribution in [0.25, 0.3) is 0 Å². The zero-order chi connectivity index (χ0) is 22.0. The van der Waals surface area contributed by atoms with Gasteiger partial charge >= 0.3 is 0 Å². The van der Waals surface area contributed by atoms with Crippen molar-refractivity contribution in [2.45, 2.75) is 11.8 Å². The van der Waals surface area contributed by atoms with Gasteiger partial charge in [-0.1, -0.05) is 72.8 Å². The van der Waals surface area contributed by atoms with E-state index in [1.807, 2.05) is 74.8 Å². The minimum Gasteiger partial charge on any atom is -0.317 e. The van der Waals surface area contributed by atoms with Crippen molar-refractivity contribution >= 4 is 11.8 Å². The van der Waals surface area contributed by atoms with Crippen molar-refractivity contribution in [1.82, 2.24) is 4.90 Å². The van der Waals surface area contributed by atoms with E-state index >= 15 is 0 Å². The number of hydrogen-bond donors (Lipinski definition) is 0. The van der Waals surface area contributed by atoms with Crippen LogP contribution in [0.4, 0.5) is 0 Å². The van der Waals surface area contributed by atoms with Crippen molar-refractivity contribution in [3.63, 3.8) is 0 Å². The largest absolute Gasteiger partial charge is 0.317 e. The third kappa shape index (κ3) is 4.06. The van der Waals surface area contributed by atoms with Gasteiger partial charge in [0.2, 0.25) is 11.8 Å². The molecule has 31 heavy (non-hydrogen) atoms. The number of fused-ring (bicyclic) bond motifs is 1. The minimum atomic E-state index is -0.381. The molecule has 2 amide bonds. The summed E-state index contributed by atoms with van der Waals surface area (Å²) in [5.74, 6) is 1.61. The van der Waals surface area contributed by atoms with Crippen molar-refractivity contribution < 1.29 is 14.1 Å². The second-order valence-corrected chi connectivity index (χ2v) is 9.16. The van der Waals surface area contributed by atoms with Crippen LogP contribution in [0, 0.1) is 24.2 Å². The Kier molecular flexibility index (Phi) is 5.80. The van der Waals surface area contributed by atoms with E-state index in [9.17, 15) is 9.59 Å². The van der Waals surface area contributed by atoms with Crippen molar-refractivity contribution in [3.8, 4) is 12.3 Å². The van der Waals surface area contributed by atoms with Crippen LogP contribution in [-0.2, 0) is 9.59 Å². The molecular formula is C27H29N2O2+. The average Bonchev–Trinajstić information content (AvgIpc) is 3.03. The van der Waals surface area contributed by atoms with E-state index in [1.165, 1.54) is 4.90 Å². The lowest BCUT2D eigenvalue weighted by Gasteiger charge is -2.32. The lowest BCUT2D eigenvalue weighted by Crippen LogP contribution is -2.47. The van der Waals surface area contributed by atoms with Gasteiger partial charge in [-0.3, -0.25) is 14.5 Å². The molecule has 0 aromatic heterocycles. The first-order chi connectivity index (χ1) is 14.9. The van der Waals surface area contributed by atoms with E-state index in [1.54, 1.807) is 0 Å². The number of likely N-dealkylation sites (tertiary alicyclic amines) is 1. The first-order valence-corrected chi connectivity index (χ1v) is 10.8. The Labute approximate surface area is 184 Å². The normalized spacial score (nSPS) is 25.4. The molecule has 1 aliphatic carbocycles. The van der Waals surface area contributed by atoms with Crippen molar-refractivity contribution in [1.29, 1.82) is 0 Å². The van der Waals surface area contributed by atoms with Crippen molar-refractivity contribution in [3.05, 3.63) is 83.9 Å². The van der Waals surface area contributed by atoms with Crippen LogP contribution in [0.1, 0.15) is 23.0 Å². The van der Waals surface area contributed by atoms with Gasteiger partial charge in [0.25, 0.3) is 0 Å². The summed E-state index contributed by atoms with van der Waals surface area (Å²) < 4.78 is 0.575. The molecule has 1 aliphatic heterocycles. The summed E-state index contributed by atoms with van der Waals surface area (Å²) in [5.41, 5.74) is 2.15. The van der Waals surface area contributed by atoms with Gasteiger partial charge in [-0.25, -0.2) is 0 Å². The molecule has 1 saturated heterocycles. The molecule has 1 heterocycles. The average molecular weight is 414 g/mol. The number of nitrogens with zero attached hydrogens (tertiary/aromatic N) is 2. The van der Waals surface area contributed by atoms with Crippen molar-refractivity contribution in [2.75, 3.05) is 33.7 Å². The van der Waals surface area contributed by atoms with E-state index in [2.05, 4.69) is 18.1 Å². The number of carbonyl (C=O) groups is 2. The maximum absolute atomic E-state index is 13.6. The maximum atomic E-state index is 13.6. The summed E-state index contributed by atoms with van der Waals surface area (Å²) in [6.45, 7) is 1.59. The molecule has 0 saturated carbocycles. The first kappa shape index (κ1) is 21.1. The van der Waals surface area contributed by atoms with Crippen molar-refractivity contribution in [2.24, 2.45) is 11.8 Å². The summed E-state index contributed by atoms with van der Waals surface area (Å²) in [5, 5.41) is 0. The molecule has 1 fully saturated rings. The highest BCUT2D eigenvalue weighted by atomic mass is 16.2. The summed E-state index contributed by atoms with van der Waals surface area (Å²) in [6, 6.07) is 20.1. The second-order valence-electron chi connectivity index (χ2n) is 9.16. The SMILES string of the molecule is C#CC[N+](C)(C)CCN1C(=O)[C@@H]2[C@H](C1=O)[C@H](c1ccccc1)C=C[C@H]2c1ccccc1. The Morgan fingerprint density at radius 1 is 0.839 bits per heavy atom. The number of benzene rings is 2. The third-order valence-electron chi connectivity index (χ3n) is 6.61. The van der Waals surface area contributed by atoms with Crippen LogP contribution in [0.15, 0.2) is 72.8 Å². The molecule has 2 aromatic rings. The third-order valence-corrected chi connectivity index (χ3v) is 6.61. The van der Waals surface area contributed by atoms with E-state index < -0.39 is 0 Å². The number of amides is 2. The molecule has 0 spiro atoms. The zero-order valence-electron chi connectivity index (χ0n) is 18.1. The standard InChI is InChI=1S/C27H29N2O2/c1-4-18-29(2,3)19-17-28-26(30)24-22(20-11-7-5-8-12-20)15-16-23(25(24)27(28)31)21-13-9-6-10-14-21/h1,5-16,22-25H,17-19H2,2-3H3/q+1/t22-,23-,24-,25+/m0/s1. The highest BCUT2D eigenvalue weighted by molar-refractivity contribution is 6.06. The molecular weight excluding hydrogens is 384 g/mol. The summed E-state index contributed by atoms with van der Waals surface area (Å²) in [4.78, 5) is 28.7. The number of quaternary nitrogens is 1. The van der Waals surface area contributed by atoms with E-state index in [-0.39, 0.29) is 35.5 Å². The lowest BCUT2D eigenvalue weighted by molar-refractivity contribution is -0.882. The van der Waals surface area contributed by atoms with E-state index in [4.69, 9.17) is 6.42 Å². The second kappa shape index (κ2) is 8.53. The number of allylic oxidation sites excluding steroid dienone is 2. The van der Waals surface area contributed by atoms with Crippen LogP contribution in [0.3, 0.4) is 0 Å². The smallest absolute Gasteiger partial charge is 0.234 e. The molecule has 4 rings (SSSR count). The summed E-state index contributed by atoms with van der Waals surface area (Å²) >= 11 is 0. The van der Waals surface area contributed by atoms with Crippen LogP contribution in [0.2, 0.25) is 0 Å². The van der Waals surface area contributed by atoms with Crippen LogP contribution < -0.4 is 0 Å². The predicted octanol–water partition coefficient (Wildman–Crippen LogP) is 3.43. The molecule has 0 unspecified atom stereocenters. The first-order valence-electron chi connectivity index (χ1n) is 10.8. The number of hydrogen-bond acceptors (Lipinski definition) is 2. The van der Waals surface area contributed by atoms with E-state index in [0.717, 1.165) is 11.1 Å². The van der Waals surface area contributed by atoms with E-state index in [0.29, 0.717) is 24.1 Å². The fourth-order valence-corrected chi connectivity index (χ4v) is 4.91. The Bertz CT molecular complexity index is 953. The topological polar surface area (TPSA) is 37.4 Å². The number of imide groups is 1. The maximum Gasteiger partial charge on any atom is 0.234 e. The monoisotopic (exact) mass is 413 g/mol. The molecule has 0 bridgehead atoms. The number of likely N-dealkylation sites (N-methyl/N-ethyl adjacent to an activating group) is 1. The zero-order valence-corrected chi connectivity index (χ0v) is 18.1. The summed E-state index contributed by atoms with van der Waals surface area (Å²) in [6.07, 6.45) is 9.74. The molecule has 4 heteroatoms. The Balaban J connectivity index is 1.69. The Morgan fingerprint density at radius 3 is 1.71 bits per heavy atom. The molecule has 4 atom stereocenters. The number of rotatable bonds is 6. The quantitative estimate of drug-likeness (QED) is 0.315. The van der Waals surface area contributed by atoms with Crippen LogP contribution in [-0.4, -0.2) is 54.9 Å². The minimum absolute atomic E-state index is 0.0603.